The zero-order chi connectivity index (χ0) is 17.0. The van der Waals surface area contributed by atoms with E-state index in [1.54, 1.807) is 12.1 Å². The van der Waals surface area contributed by atoms with Crippen LogP contribution in [0.4, 0.5) is 8.78 Å². The van der Waals surface area contributed by atoms with E-state index in [9.17, 15) is 22.0 Å². The average molecular weight is 341 g/mol. The van der Waals surface area contributed by atoms with E-state index in [0.717, 1.165) is 12.1 Å². The number of benzene rings is 2. The number of aromatic carboxylic acids is 1. The van der Waals surface area contributed by atoms with Crippen molar-refractivity contribution in [2.75, 3.05) is 6.54 Å². The van der Waals surface area contributed by atoms with E-state index in [1.807, 2.05) is 0 Å². The van der Waals surface area contributed by atoms with Crippen molar-refractivity contribution in [3.05, 3.63) is 65.2 Å². The van der Waals surface area contributed by atoms with Crippen LogP contribution in [-0.4, -0.2) is 26.0 Å². The molecule has 0 spiro atoms. The van der Waals surface area contributed by atoms with E-state index >= 15 is 0 Å². The number of hydrogen-bond acceptors (Lipinski definition) is 3. The Labute approximate surface area is 131 Å². The molecule has 2 N–H and O–H groups in total. The second-order valence-corrected chi connectivity index (χ2v) is 6.46. The molecular weight excluding hydrogens is 328 g/mol. The lowest BCUT2D eigenvalue weighted by Crippen LogP contribution is -2.27. The fourth-order valence-corrected chi connectivity index (χ4v) is 3.07. The summed E-state index contributed by atoms with van der Waals surface area (Å²) < 4.78 is 52.7. The van der Waals surface area contributed by atoms with Crippen LogP contribution in [0.15, 0.2) is 47.4 Å². The number of hydrogen-bond donors (Lipinski definition) is 2. The first kappa shape index (κ1) is 17.0. The Morgan fingerprint density at radius 1 is 1.13 bits per heavy atom. The van der Waals surface area contributed by atoms with Crippen LogP contribution in [0.2, 0.25) is 0 Å². The van der Waals surface area contributed by atoms with E-state index in [2.05, 4.69) is 4.72 Å². The third kappa shape index (κ3) is 4.33. The number of halogens is 2. The van der Waals surface area contributed by atoms with Crippen molar-refractivity contribution >= 4 is 16.0 Å². The van der Waals surface area contributed by atoms with E-state index in [1.165, 1.54) is 12.1 Å². The molecule has 0 heterocycles. The summed E-state index contributed by atoms with van der Waals surface area (Å²) in [5, 5.41) is 8.88. The predicted octanol–water partition coefficient (Wildman–Crippen LogP) is 2.18. The Bertz CT molecular complexity index is 837. The van der Waals surface area contributed by atoms with Gasteiger partial charge in [0, 0.05) is 6.54 Å². The molecule has 0 aliphatic heterocycles. The van der Waals surface area contributed by atoms with Crippen molar-refractivity contribution in [1.82, 2.24) is 4.72 Å². The average Bonchev–Trinajstić information content (AvgIpc) is 2.49. The molecule has 0 bridgehead atoms. The highest BCUT2D eigenvalue weighted by molar-refractivity contribution is 7.89. The number of carboxylic acids is 1. The van der Waals surface area contributed by atoms with Gasteiger partial charge in [-0.25, -0.2) is 26.7 Å². The third-order valence-electron chi connectivity index (χ3n) is 3.06. The molecule has 23 heavy (non-hydrogen) atoms. The molecule has 2 rings (SSSR count). The number of carboxylic acid groups (broad SMARTS) is 1. The van der Waals surface area contributed by atoms with E-state index in [4.69, 9.17) is 5.11 Å². The van der Waals surface area contributed by atoms with E-state index in [0.29, 0.717) is 11.6 Å². The summed E-state index contributed by atoms with van der Waals surface area (Å²) >= 11 is 0. The van der Waals surface area contributed by atoms with Gasteiger partial charge in [-0.15, -0.1) is 0 Å². The van der Waals surface area contributed by atoms with Gasteiger partial charge in [0.05, 0.1) is 5.56 Å². The van der Waals surface area contributed by atoms with Gasteiger partial charge in [0.2, 0.25) is 10.0 Å². The van der Waals surface area contributed by atoms with Gasteiger partial charge >= 0.3 is 5.97 Å². The van der Waals surface area contributed by atoms with Gasteiger partial charge in [0.25, 0.3) is 0 Å². The zero-order valence-electron chi connectivity index (χ0n) is 11.8. The summed E-state index contributed by atoms with van der Waals surface area (Å²) in [6.45, 7) is -0.0820. The first-order chi connectivity index (χ1) is 10.8. The number of rotatable bonds is 6. The second kappa shape index (κ2) is 6.84. The van der Waals surface area contributed by atoms with Crippen molar-refractivity contribution < 1.29 is 27.1 Å². The molecule has 122 valence electrons. The van der Waals surface area contributed by atoms with Gasteiger partial charge in [0.1, 0.15) is 16.5 Å². The van der Waals surface area contributed by atoms with Crippen LogP contribution in [0.3, 0.4) is 0 Å². The molecular formula is C15H13F2NO4S. The van der Waals surface area contributed by atoms with Gasteiger partial charge in [0.15, 0.2) is 0 Å². The molecule has 0 saturated heterocycles. The van der Waals surface area contributed by atoms with Gasteiger partial charge in [-0.05, 0) is 42.3 Å². The normalized spacial score (nSPS) is 11.4. The lowest BCUT2D eigenvalue weighted by Gasteiger charge is -2.08. The van der Waals surface area contributed by atoms with Gasteiger partial charge < -0.3 is 5.11 Å². The first-order valence-electron chi connectivity index (χ1n) is 6.56. The molecule has 2 aromatic carbocycles. The summed E-state index contributed by atoms with van der Waals surface area (Å²) in [5.41, 5.74) is 0.689. The Morgan fingerprint density at radius 2 is 1.87 bits per heavy atom. The first-order valence-corrected chi connectivity index (χ1v) is 8.05. The maximum Gasteiger partial charge on any atom is 0.335 e. The molecule has 0 saturated carbocycles. The molecule has 0 unspecified atom stereocenters. The molecule has 0 radical (unpaired) electrons. The number of nitrogens with one attached hydrogen (secondary N) is 1. The number of sulfonamides is 1. The highest BCUT2D eigenvalue weighted by Crippen LogP contribution is 2.15. The molecule has 2 aromatic rings. The Balaban J connectivity index is 2.07. The minimum absolute atomic E-state index is 0.0820. The van der Waals surface area contributed by atoms with Crippen LogP contribution in [-0.2, 0) is 16.4 Å². The number of carbonyl (C=O) groups is 1. The van der Waals surface area contributed by atoms with Gasteiger partial charge in [-0.2, -0.15) is 0 Å². The van der Waals surface area contributed by atoms with Crippen molar-refractivity contribution in [2.24, 2.45) is 0 Å². The van der Waals surface area contributed by atoms with Crippen LogP contribution in [0.25, 0.3) is 0 Å². The highest BCUT2D eigenvalue weighted by Gasteiger charge is 2.19. The smallest absolute Gasteiger partial charge is 0.335 e. The maximum absolute atomic E-state index is 13.5. The summed E-state index contributed by atoms with van der Waals surface area (Å²) in [4.78, 5) is 10.1. The summed E-state index contributed by atoms with van der Waals surface area (Å²) in [5.74, 6) is -3.00. The molecule has 0 atom stereocenters. The van der Waals surface area contributed by atoms with E-state index < -0.39 is 32.5 Å². The monoisotopic (exact) mass is 341 g/mol. The Hall–Kier alpha value is -2.32. The van der Waals surface area contributed by atoms with Crippen LogP contribution in [0.5, 0.6) is 0 Å². The fraction of sp³-hybridized carbons (Fsp3) is 0.133. The topological polar surface area (TPSA) is 83.5 Å². The fourth-order valence-electron chi connectivity index (χ4n) is 1.95. The summed E-state index contributed by atoms with van der Waals surface area (Å²) in [6, 6.07) is 8.18. The lowest BCUT2D eigenvalue weighted by atomic mass is 10.1. The van der Waals surface area contributed by atoms with Crippen LogP contribution in [0.1, 0.15) is 15.9 Å². The molecule has 5 nitrogen and oxygen atoms in total. The largest absolute Gasteiger partial charge is 0.478 e. The third-order valence-corrected chi connectivity index (χ3v) is 4.54. The minimum Gasteiger partial charge on any atom is -0.478 e. The van der Waals surface area contributed by atoms with Gasteiger partial charge in [-0.1, -0.05) is 12.1 Å². The maximum atomic E-state index is 13.5. The van der Waals surface area contributed by atoms with Crippen LogP contribution in [0, 0.1) is 11.6 Å². The Kier molecular flexibility index (Phi) is 5.07. The molecule has 0 aliphatic rings. The van der Waals surface area contributed by atoms with Gasteiger partial charge in [-0.3, -0.25) is 0 Å². The highest BCUT2D eigenvalue weighted by atomic mass is 32.2. The SMILES string of the molecule is O=C(O)c1cccc(CCNS(=O)(=O)c2cc(F)ccc2F)c1. The summed E-state index contributed by atoms with van der Waals surface area (Å²) in [7, 11) is -4.19. The van der Waals surface area contributed by atoms with Crippen LogP contribution >= 0.6 is 0 Å². The molecule has 8 heteroatoms. The van der Waals surface area contributed by atoms with Crippen molar-refractivity contribution in [2.45, 2.75) is 11.3 Å². The predicted molar refractivity (Wildman–Crippen MR) is 78.7 cm³/mol. The molecule has 0 aromatic heterocycles. The van der Waals surface area contributed by atoms with E-state index in [-0.39, 0.29) is 18.5 Å². The van der Waals surface area contributed by atoms with Crippen molar-refractivity contribution in [3.8, 4) is 0 Å². The molecule has 0 amide bonds. The Morgan fingerprint density at radius 3 is 2.57 bits per heavy atom. The zero-order valence-corrected chi connectivity index (χ0v) is 12.6. The van der Waals surface area contributed by atoms with Crippen molar-refractivity contribution in [1.29, 1.82) is 0 Å². The standard InChI is InChI=1S/C15H13F2NO4S/c16-12-4-5-13(17)14(9-12)23(21,22)18-7-6-10-2-1-3-11(8-10)15(19)20/h1-5,8-9,18H,6-7H2,(H,19,20). The molecule has 0 aliphatic carbocycles. The summed E-state index contributed by atoms with van der Waals surface area (Å²) in [6.07, 6.45) is 0.206. The lowest BCUT2D eigenvalue weighted by molar-refractivity contribution is 0.0696. The van der Waals surface area contributed by atoms with Crippen LogP contribution < -0.4 is 4.72 Å². The second-order valence-electron chi connectivity index (χ2n) is 4.73. The molecule has 0 fully saturated rings. The van der Waals surface area contributed by atoms with Crippen molar-refractivity contribution in [3.63, 3.8) is 0 Å². The quantitative estimate of drug-likeness (QED) is 0.844. The minimum atomic E-state index is -4.19.